The number of amidine groups is 1. The minimum atomic E-state index is -0.00233. The Morgan fingerprint density at radius 3 is 2.60 bits per heavy atom. The van der Waals surface area contributed by atoms with Gasteiger partial charge >= 0.3 is 0 Å². The fourth-order valence-electron chi connectivity index (χ4n) is 4.39. The van der Waals surface area contributed by atoms with Gasteiger partial charge in [-0.05, 0) is 54.9 Å². The van der Waals surface area contributed by atoms with Gasteiger partial charge in [-0.15, -0.1) is 0 Å². The number of halogens is 1. The number of para-hydroxylation sites is 1. The first kappa shape index (κ1) is 23.6. The van der Waals surface area contributed by atoms with Crippen LogP contribution in [-0.2, 0) is 11.4 Å². The Bertz CT molecular complexity index is 1260. The lowest BCUT2D eigenvalue weighted by Gasteiger charge is -2.30. The van der Waals surface area contributed by atoms with Crippen LogP contribution in [-0.4, -0.2) is 27.0 Å². The van der Waals surface area contributed by atoms with Gasteiger partial charge in [0.05, 0.1) is 4.91 Å². The van der Waals surface area contributed by atoms with Crippen LogP contribution in [0.15, 0.2) is 82.8 Å². The molecule has 1 saturated carbocycles. The largest absolute Gasteiger partial charge is 0.488 e. The Morgan fingerprint density at radius 1 is 1.03 bits per heavy atom. The average molecular weight is 504 g/mol. The van der Waals surface area contributed by atoms with Crippen molar-refractivity contribution in [1.29, 1.82) is 0 Å². The van der Waals surface area contributed by atoms with Crippen molar-refractivity contribution in [2.45, 2.75) is 44.8 Å². The van der Waals surface area contributed by atoms with Crippen molar-refractivity contribution in [3.05, 3.63) is 94.0 Å². The number of carbonyl (C=O) groups excluding carboxylic acids is 1. The highest BCUT2D eigenvalue weighted by Gasteiger charge is 2.38. The first-order valence-corrected chi connectivity index (χ1v) is 13.1. The third-order valence-corrected chi connectivity index (χ3v) is 7.53. The summed E-state index contributed by atoms with van der Waals surface area (Å²) in [6, 6.07) is 21.2. The maximum Gasteiger partial charge on any atom is 0.267 e. The molecule has 2 aromatic carbocycles. The number of aromatic nitrogens is 1. The van der Waals surface area contributed by atoms with Crippen molar-refractivity contribution in [3.63, 3.8) is 0 Å². The fourth-order valence-corrected chi connectivity index (χ4v) is 5.62. The molecule has 1 aromatic heterocycles. The van der Waals surface area contributed by atoms with Gasteiger partial charge in [0.2, 0.25) is 0 Å². The van der Waals surface area contributed by atoms with E-state index in [1.807, 2.05) is 77.7 Å². The van der Waals surface area contributed by atoms with Crippen LogP contribution in [0, 0.1) is 0 Å². The third kappa shape index (κ3) is 5.60. The Labute approximate surface area is 214 Å². The van der Waals surface area contributed by atoms with Crippen LogP contribution < -0.4 is 4.74 Å². The summed E-state index contributed by atoms with van der Waals surface area (Å²) in [4.78, 5) is 25.2. The van der Waals surface area contributed by atoms with Gasteiger partial charge in [-0.25, -0.2) is 9.98 Å². The van der Waals surface area contributed by atoms with Crippen molar-refractivity contribution in [3.8, 4) is 5.75 Å². The summed E-state index contributed by atoms with van der Waals surface area (Å²) in [5.41, 5.74) is 1.76. The molecule has 2 heterocycles. The van der Waals surface area contributed by atoms with E-state index in [2.05, 4.69) is 4.98 Å². The van der Waals surface area contributed by atoms with E-state index in [1.54, 1.807) is 6.20 Å². The van der Waals surface area contributed by atoms with E-state index in [4.69, 9.17) is 21.3 Å². The molecule has 178 valence electrons. The standard InChI is InChI=1S/C28H26ClN3O2S/c29-23-14-6-4-11-21(23)19-34-24-15-7-5-10-20(24)18-25-27(33)32(22-12-2-1-3-13-22)28(35-25)31-26-16-8-9-17-30-26/h4-11,14-18,22H,1-3,12-13,19H2/b25-18-,31-28+. The Balaban J connectivity index is 1.44. The average Bonchev–Trinajstić information content (AvgIpc) is 3.19. The highest BCUT2D eigenvalue weighted by atomic mass is 35.5. The number of nitrogens with zero attached hydrogens (tertiary/aromatic N) is 3. The molecular weight excluding hydrogens is 478 g/mol. The molecule has 1 aliphatic heterocycles. The summed E-state index contributed by atoms with van der Waals surface area (Å²) in [5.74, 6) is 1.30. The number of hydrogen-bond acceptors (Lipinski definition) is 5. The van der Waals surface area contributed by atoms with Crippen molar-refractivity contribution >= 4 is 46.3 Å². The van der Waals surface area contributed by atoms with Crippen LogP contribution in [0.2, 0.25) is 5.02 Å². The number of thioether (sulfide) groups is 1. The van der Waals surface area contributed by atoms with Gasteiger partial charge in [-0.2, -0.15) is 0 Å². The molecule has 1 amide bonds. The maximum absolute atomic E-state index is 13.6. The zero-order valence-corrected chi connectivity index (χ0v) is 20.8. The maximum atomic E-state index is 13.6. The van der Waals surface area contributed by atoms with Crippen LogP contribution in [0.25, 0.3) is 6.08 Å². The lowest BCUT2D eigenvalue weighted by atomic mass is 9.94. The second-order valence-corrected chi connectivity index (χ2v) is 9.99. The predicted octanol–water partition coefficient (Wildman–Crippen LogP) is 7.25. The number of aliphatic imine (C=N–C) groups is 1. The molecule has 3 aromatic rings. The molecule has 0 N–H and O–H groups in total. The molecule has 5 rings (SSSR count). The zero-order valence-electron chi connectivity index (χ0n) is 19.3. The SMILES string of the molecule is O=C1/C(=C/c2ccccc2OCc2ccccc2Cl)S/C(=N/c2ccccn2)N1C1CCCCC1. The number of rotatable bonds is 6. The van der Waals surface area contributed by atoms with E-state index in [1.165, 1.54) is 18.2 Å². The molecule has 1 aliphatic carbocycles. The predicted molar refractivity (Wildman–Crippen MR) is 143 cm³/mol. The van der Waals surface area contributed by atoms with Crippen molar-refractivity contribution in [1.82, 2.24) is 9.88 Å². The summed E-state index contributed by atoms with van der Waals surface area (Å²) < 4.78 is 6.11. The van der Waals surface area contributed by atoms with Crippen molar-refractivity contribution < 1.29 is 9.53 Å². The van der Waals surface area contributed by atoms with E-state index in [0.717, 1.165) is 36.8 Å². The van der Waals surface area contributed by atoms with Crippen LogP contribution in [0.4, 0.5) is 5.82 Å². The lowest BCUT2D eigenvalue weighted by Crippen LogP contribution is -2.40. The molecule has 35 heavy (non-hydrogen) atoms. The molecule has 0 bridgehead atoms. The number of amides is 1. The summed E-state index contributed by atoms with van der Waals surface area (Å²) in [6.45, 7) is 0.349. The molecule has 2 fully saturated rings. The van der Waals surface area contributed by atoms with Gasteiger partial charge in [0.15, 0.2) is 11.0 Å². The van der Waals surface area contributed by atoms with Gasteiger partial charge in [0.1, 0.15) is 12.4 Å². The second-order valence-electron chi connectivity index (χ2n) is 8.58. The molecule has 0 spiro atoms. The minimum absolute atomic E-state index is 0.00233. The summed E-state index contributed by atoms with van der Waals surface area (Å²) >= 11 is 7.70. The Morgan fingerprint density at radius 2 is 1.80 bits per heavy atom. The van der Waals surface area contributed by atoms with Gasteiger partial charge in [-0.1, -0.05) is 73.3 Å². The smallest absolute Gasteiger partial charge is 0.267 e. The van der Waals surface area contributed by atoms with E-state index in [9.17, 15) is 4.79 Å². The number of benzene rings is 2. The molecule has 1 saturated heterocycles. The van der Waals surface area contributed by atoms with Crippen molar-refractivity contribution in [2.24, 2.45) is 4.99 Å². The molecule has 2 aliphatic rings. The van der Waals surface area contributed by atoms with E-state index in [0.29, 0.717) is 33.3 Å². The molecule has 0 radical (unpaired) electrons. The number of pyridine rings is 1. The Hall–Kier alpha value is -3.09. The van der Waals surface area contributed by atoms with Gasteiger partial charge in [0, 0.05) is 28.4 Å². The Kier molecular flexibility index (Phi) is 7.50. The first-order chi connectivity index (χ1) is 17.2. The first-order valence-electron chi connectivity index (χ1n) is 11.9. The molecule has 7 heteroatoms. The number of carbonyl (C=O) groups is 1. The summed E-state index contributed by atoms with van der Waals surface area (Å²) in [5, 5.41) is 1.37. The van der Waals surface area contributed by atoms with E-state index >= 15 is 0 Å². The van der Waals surface area contributed by atoms with Crippen LogP contribution in [0.5, 0.6) is 5.75 Å². The lowest BCUT2D eigenvalue weighted by molar-refractivity contribution is -0.124. The normalized spacial score (nSPS) is 19.0. The molecule has 0 atom stereocenters. The third-order valence-electron chi connectivity index (χ3n) is 6.18. The van der Waals surface area contributed by atoms with Gasteiger partial charge < -0.3 is 4.74 Å². The van der Waals surface area contributed by atoms with Gasteiger partial charge in [0.25, 0.3) is 5.91 Å². The molecule has 0 unspecified atom stereocenters. The van der Waals surface area contributed by atoms with E-state index < -0.39 is 0 Å². The van der Waals surface area contributed by atoms with E-state index in [-0.39, 0.29) is 11.9 Å². The number of hydrogen-bond donors (Lipinski definition) is 0. The summed E-state index contributed by atoms with van der Waals surface area (Å²) in [6.07, 6.45) is 9.11. The number of ether oxygens (including phenoxy) is 1. The van der Waals surface area contributed by atoms with Crippen molar-refractivity contribution in [2.75, 3.05) is 0 Å². The zero-order chi connectivity index (χ0) is 24.0. The fraction of sp³-hybridized carbons (Fsp3) is 0.250. The monoisotopic (exact) mass is 503 g/mol. The van der Waals surface area contributed by atoms with Crippen LogP contribution >= 0.6 is 23.4 Å². The van der Waals surface area contributed by atoms with Crippen LogP contribution in [0.3, 0.4) is 0 Å². The topological polar surface area (TPSA) is 54.8 Å². The highest BCUT2D eigenvalue weighted by molar-refractivity contribution is 8.18. The van der Waals surface area contributed by atoms with Gasteiger partial charge in [-0.3, -0.25) is 9.69 Å². The quantitative estimate of drug-likeness (QED) is 0.332. The minimum Gasteiger partial charge on any atom is -0.488 e. The summed E-state index contributed by atoms with van der Waals surface area (Å²) in [7, 11) is 0. The second kappa shape index (κ2) is 11.1. The molecular formula is C28H26ClN3O2S. The van der Waals surface area contributed by atoms with Crippen LogP contribution in [0.1, 0.15) is 43.2 Å². The highest BCUT2D eigenvalue weighted by Crippen LogP contribution is 2.39. The molecule has 5 nitrogen and oxygen atoms in total.